The molecule has 0 spiro atoms. The second kappa shape index (κ2) is 8.63. The van der Waals surface area contributed by atoms with Gasteiger partial charge in [0, 0.05) is 18.0 Å². The van der Waals surface area contributed by atoms with Crippen molar-refractivity contribution in [1.82, 2.24) is 19.4 Å². The number of unbranched alkanes of at least 4 members (excludes halogenated alkanes) is 1. The van der Waals surface area contributed by atoms with E-state index >= 15 is 0 Å². The van der Waals surface area contributed by atoms with E-state index < -0.39 is 9.84 Å². The molecule has 0 N–H and O–H groups in total. The van der Waals surface area contributed by atoms with Crippen molar-refractivity contribution in [3.63, 3.8) is 0 Å². The van der Waals surface area contributed by atoms with Crippen molar-refractivity contribution in [1.29, 1.82) is 0 Å². The molecule has 2 aromatic rings. The molecule has 0 saturated heterocycles. The summed E-state index contributed by atoms with van der Waals surface area (Å²) in [4.78, 5) is 12.3. The highest BCUT2D eigenvalue weighted by Crippen LogP contribution is 2.27. The molecule has 0 aliphatic carbocycles. The fourth-order valence-corrected chi connectivity index (χ4v) is 4.91. The van der Waals surface area contributed by atoms with Gasteiger partial charge in [0.2, 0.25) is 15.0 Å². The predicted molar refractivity (Wildman–Crippen MR) is 106 cm³/mol. The Kier molecular flexibility index (Phi) is 6.99. The van der Waals surface area contributed by atoms with Crippen LogP contribution in [0.3, 0.4) is 0 Å². The van der Waals surface area contributed by atoms with Gasteiger partial charge in [-0.05, 0) is 34.2 Å². The van der Waals surface area contributed by atoms with Crippen molar-refractivity contribution in [3.05, 3.63) is 27.5 Å². The Morgan fingerprint density at radius 1 is 1.31 bits per heavy atom. The zero-order chi connectivity index (χ0) is 19.5. The molecule has 2 rings (SSSR count). The molecule has 0 aromatic carbocycles. The highest BCUT2D eigenvalue weighted by molar-refractivity contribution is 7.91. The number of imidazole rings is 1. The van der Waals surface area contributed by atoms with Crippen molar-refractivity contribution >= 4 is 21.2 Å². The van der Waals surface area contributed by atoms with Crippen molar-refractivity contribution in [3.8, 4) is 0 Å². The van der Waals surface area contributed by atoms with Crippen LogP contribution >= 0.6 is 11.3 Å². The molecule has 0 fully saturated rings. The number of thiazole rings is 1. The van der Waals surface area contributed by atoms with Crippen molar-refractivity contribution in [2.45, 2.75) is 71.7 Å². The Hall–Kier alpha value is -1.25. The molecule has 1 atom stereocenters. The molecule has 2 heterocycles. The van der Waals surface area contributed by atoms with Gasteiger partial charge < -0.3 is 4.57 Å². The van der Waals surface area contributed by atoms with E-state index in [2.05, 4.69) is 35.6 Å². The van der Waals surface area contributed by atoms with Crippen molar-refractivity contribution in [2.75, 3.05) is 12.8 Å². The molecule has 146 valence electrons. The average Bonchev–Trinajstić information content (AvgIpc) is 3.15. The average molecular weight is 399 g/mol. The number of hydrogen-bond acceptors (Lipinski definition) is 6. The van der Waals surface area contributed by atoms with Crippen LogP contribution in [-0.4, -0.2) is 40.7 Å². The van der Waals surface area contributed by atoms with Crippen LogP contribution in [0.5, 0.6) is 0 Å². The fourth-order valence-electron chi connectivity index (χ4n) is 2.98. The maximum atomic E-state index is 12.4. The number of hydrogen-bond donors (Lipinski definition) is 0. The number of sulfone groups is 1. The Labute approximate surface area is 161 Å². The molecular weight excluding hydrogens is 368 g/mol. The highest BCUT2D eigenvalue weighted by Gasteiger charge is 2.24. The Morgan fingerprint density at radius 3 is 2.54 bits per heavy atom. The van der Waals surface area contributed by atoms with Gasteiger partial charge in [0.15, 0.2) is 0 Å². The van der Waals surface area contributed by atoms with Gasteiger partial charge in [0.1, 0.15) is 0 Å². The maximum absolute atomic E-state index is 12.4. The van der Waals surface area contributed by atoms with Crippen LogP contribution in [0.4, 0.5) is 0 Å². The summed E-state index contributed by atoms with van der Waals surface area (Å²) in [5.41, 5.74) is 2.03. The molecule has 0 bridgehead atoms. The number of aryl methyl sites for hydroxylation is 2. The Balaban J connectivity index is 2.29. The summed E-state index contributed by atoms with van der Waals surface area (Å²) in [6.07, 6.45) is 3.65. The summed E-state index contributed by atoms with van der Waals surface area (Å²) < 4.78 is 26.6. The van der Waals surface area contributed by atoms with E-state index in [9.17, 15) is 8.42 Å². The van der Waals surface area contributed by atoms with Crippen LogP contribution in [0.1, 0.15) is 60.9 Å². The third-order valence-corrected chi connectivity index (χ3v) is 7.25. The van der Waals surface area contributed by atoms with Gasteiger partial charge >= 0.3 is 0 Å². The summed E-state index contributed by atoms with van der Waals surface area (Å²) in [5.74, 6) is 0.0686. The van der Waals surface area contributed by atoms with E-state index in [4.69, 9.17) is 0 Å². The lowest BCUT2D eigenvalue weighted by Crippen LogP contribution is -2.25. The minimum Gasteiger partial charge on any atom is -0.318 e. The van der Waals surface area contributed by atoms with E-state index in [-0.39, 0.29) is 17.0 Å². The van der Waals surface area contributed by atoms with E-state index in [0.29, 0.717) is 13.1 Å². The van der Waals surface area contributed by atoms with Crippen LogP contribution in [0.15, 0.2) is 11.4 Å². The summed E-state index contributed by atoms with van der Waals surface area (Å²) in [6, 6.07) is 0.153. The van der Waals surface area contributed by atoms with E-state index in [1.54, 1.807) is 24.5 Å². The third-order valence-electron chi connectivity index (χ3n) is 4.70. The van der Waals surface area contributed by atoms with E-state index in [0.717, 1.165) is 29.2 Å². The van der Waals surface area contributed by atoms with Crippen LogP contribution < -0.4 is 0 Å². The van der Waals surface area contributed by atoms with Gasteiger partial charge in [0.25, 0.3) is 0 Å². The summed E-state index contributed by atoms with van der Waals surface area (Å²) in [6.45, 7) is 11.3. The lowest BCUT2D eigenvalue weighted by molar-refractivity contribution is 0.241. The largest absolute Gasteiger partial charge is 0.318 e. The minimum atomic E-state index is -3.33. The SMILES string of the molecule is CCCCn1c(CN(C)[C@@H](C)c2nc(C)sc2C)cnc1S(=O)(=O)CC. The molecule has 0 aliphatic rings. The molecule has 2 aromatic heterocycles. The summed E-state index contributed by atoms with van der Waals surface area (Å²) in [5, 5.41) is 1.27. The fraction of sp³-hybridized carbons (Fsp3) is 0.667. The van der Waals surface area contributed by atoms with E-state index in [1.807, 2.05) is 18.5 Å². The molecule has 0 unspecified atom stereocenters. The van der Waals surface area contributed by atoms with Crippen LogP contribution in [0.2, 0.25) is 0 Å². The first-order valence-electron chi connectivity index (χ1n) is 9.12. The highest BCUT2D eigenvalue weighted by atomic mass is 32.2. The predicted octanol–water partition coefficient (Wildman–Crippen LogP) is 3.74. The molecule has 0 saturated carbocycles. The summed E-state index contributed by atoms with van der Waals surface area (Å²) >= 11 is 1.71. The number of aromatic nitrogens is 3. The second-order valence-corrected chi connectivity index (χ2v) is 10.3. The van der Waals surface area contributed by atoms with Crippen molar-refractivity contribution in [2.24, 2.45) is 0 Å². The number of nitrogens with zero attached hydrogens (tertiary/aromatic N) is 4. The van der Waals surface area contributed by atoms with Crippen LogP contribution in [0, 0.1) is 13.8 Å². The molecule has 8 heteroatoms. The van der Waals surface area contributed by atoms with Crippen LogP contribution in [-0.2, 0) is 22.9 Å². The van der Waals surface area contributed by atoms with E-state index in [1.165, 1.54) is 4.88 Å². The van der Waals surface area contributed by atoms with Gasteiger partial charge in [-0.1, -0.05) is 20.3 Å². The van der Waals surface area contributed by atoms with Gasteiger partial charge in [0.05, 0.1) is 34.4 Å². The lowest BCUT2D eigenvalue weighted by atomic mass is 10.2. The topological polar surface area (TPSA) is 68.1 Å². The lowest BCUT2D eigenvalue weighted by Gasteiger charge is -2.24. The third kappa shape index (κ3) is 4.53. The molecule has 26 heavy (non-hydrogen) atoms. The molecule has 0 aliphatic heterocycles. The zero-order valence-electron chi connectivity index (χ0n) is 16.6. The second-order valence-electron chi connectivity index (χ2n) is 6.71. The number of rotatable bonds is 9. The van der Waals surface area contributed by atoms with Crippen molar-refractivity contribution < 1.29 is 8.42 Å². The molecule has 0 amide bonds. The molecule has 0 radical (unpaired) electrons. The quantitative estimate of drug-likeness (QED) is 0.643. The van der Waals surface area contributed by atoms with Gasteiger partial charge in [-0.2, -0.15) is 0 Å². The molecular formula is C18H30N4O2S2. The molecule has 6 nitrogen and oxygen atoms in total. The standard InChI is InChI=1S/C18H30N4O2S2/c1-7-9-10-22-16(11-19-18(22)26(23,24)8-2)12-21(6)13(3)17-14(4)25-15(5)20-17/h11,13H,7-10,12H2,1-6H3/t13-/m0/s1. The first kappa shape index (κ1) is 21.1. The van der Waals surface area contributed by atoms with Gasteiger partial charge in [-0.3, -0.25) is 4.90 Å². The monoisotopic (exact) mass is 398 g/mol. The first-order valence-corrected chi connectivity index (χ1v) is 11.6. The zero-order valence-corrected chi connectivity index (χ0v) is 18.2. The maximum Gasteiger partial charge on any atom is 0.227 e. The normalized spacial score (nSPS) is 13.5. The Bertz CT molecular complexity index is 839. The Morgan fingerprint density at radius 2 is 2.00 bits per heavy atom. The summed E-state index contributed by atoms with van der Waals surface area (Å²) in [7, 11) is -1.28. The smallest absolute Gasteiger partial charge is 0.227 e. The van der Waals surface area contributed by atoms with Gasteiger partial charge in [-0.15, -0.1) is 11.3 Å². The van der Waals surface area contributed by atoms with Gasteiger partial charge in [-0.25, -0.2) is 18.4 Å². The minimum absolute atomic E-state index is 0.0686. The first-order chi connectivity index (χ1) is 12.2. The van der Waals surface area contributed by atoms with Crippen LogP contribution in [0.25, 0.3) is 0 Å².